The van der Waals surface area contributed by atoms with Crippen LogP contribution >= 0.6 is 0 Å². The molecule has 1 atom stereocenters. The van der Waals surface area contributed by atoms with Crippen LogP contribution in [0.4, 0.5) is 11.5 Å². The van der Waals surface area contributed by atoms with Gasteiger partial charge in [0.15, 0.2) is 0 Å². The van der Waals surface area contributed by atoms with Crippen LogP contribution in [0.1, 0.15) is 61.2 Å². The Hall–Kier alpha value is -3.65. The Kier molecular flexibility index (Phi) is 7.26. The molecule has 8 nitrogen and oxygen atoms in total. The molecule has 7 rings (SSSR count). The summed E-state index contributed by atoms with van der Waals surface area (Å²) in [5.74, 6) is 2.52. The first-order valence-electron chi connectivity index (χ1n) is 15.7. The number of rotatable bonds is 9. The predicted molar refractivity (Wildman–Crippen MR) is 169 cm³/mol. The van der Waals surface area contributed by atoms with Crippen molar-refractivity contribution in [3.63, 3.8) is 0 Å². The molecule has 0 radical (unpaired) electrons. The molecule has 8 heteroatoms. The number of fused-ring (bicyclic) bond motifs is 2. The Morgan fingerprint density at radius 1 is 1.07 bits per heavy atom. The third-order valence-corrected chi connectivity index (χ3v) is 9.46. The van der Waals surface area contributed by atoms with Gasteiger partial charge in [-0.1, -0.05) is 37.3 Å². The maximum atomic E-state index is 6.47. The van der Waals surface area contributed by atoms with Crippen LogP contribution in [0.25, 0.3) is 10.8 Å². The van der Waals surface area contributed by atoms with Gasteiger partial charge in [0, 0.05) is 66.5 Å². The van der Waals surface area contributed by atoms with E-state index in [0.29, 0.717) is 18.5 Å². The van der Waals surface area contributed by atoms with Crippen molar-refractivity contribution in [3.8, 4) is 6.01 Å². The summed E-state index contributed by atoms with van der Waals surface area (Å²) in [4.78, 5) is 25.5. The van der Waals surface area contributed by atoms with Gasteiger partial charge in [0.25, 0.3) is 0 Å². The maximum Gasteiger partial charge on any atom is 0.318 e. The third-order valence-electron chi connectivity index (χ3n) is 9.46. The van der Waals surface area contributed by atoms with Crippen molar-refractivity contribution in [1.29, 1.82) is 0 Å². The third kappa shape index (κ3) is 5.33. The Morgan fingerprint density at radius 3 is 2.69 bits per heavy atom. The molecule has 2 aliphatic heterocycles. The number of hydrogen-bond donors (Lipinski definition) is 1. The van der Waals surface area contributed by atoms with Crippen molar-refractivity contribution in [1.82, 2.24) is 24.8 Å². The number of ether oxygens (including phenoxy) is 1. The zero-order valence-electron chi connectivity index (χ0n) is 25.3. The summed E-state index contributed by atoms with van der Waals surface area (Å²) in [5, 5.41) is 2.67. The highest BCUT2D eigenvalue weighted by molar-refractivity contribution is 5.97. The molecule has 0 bridgehead atoms. The molecular weight excluding hydrogens is 522 g/mol. The molecular formula is C34H43N7O. The summed E-state index contributed by atoms with van der Waals surface area (Å²) < 4.78 is 6.47. The van der Waals surface area contributed by atoms with Crippen molar-refractivity contribution >= 4 is 22.3 Å². The van der Waals surface area contributed by atoms with Gasteiger partial charge >= 0.3 is 6.01 Å². The second-order valence-corrected chi connectivity index (χ2v) is 12.9. The Bertz CT molecular complexity index is 1540. The van der Waals surface area contributed by atoms with Gasteiger partial charge in [-0.3, -0.25) is 0 Å². The van der Waals surface area contributed by atoms with E-state index in [0.717, 1.165) is 75.7 Å². The highest BCUT2D eigenvalue weighted by Gasteiger charge is 2.44. The van der Waals surface area contributed by atoms with E-state index in [1.54, 1.807) is 0 Å². The second kappa shape index (κ2) is 11.2. The Morgan fingerprint density at radius 2 is 1.93 bits per heavy atom. The van der Waals surface area contributed by atoms with Crippen LogP contribution in [0.15, 0.2) is 48.8 Å². The van der Waals surface area contributed by atoms with E-state index in [9.17, 15) is 0 Å². The molecule has 2 aromatic heterocycles. The maximum absolute atomic E-state index is 6.47. The van der Waals surface area contributed by atoms with E-state index < -0.39 is 0 Å². The van der Waals surface area contributed by atoms with E-state index in [2.05, 4.69) is 82.1 Å². The van der Waals surface area contributed by atoms with Crippen molar-refractivity contribution in [2.75, 3.05) is 56.7 Å². The normalized spacial score (nSPS) is 19.8. The smallest absolute Gasteiger partial charge is 0.318 e. The van der Waals surface area contributed by atoms with Crippen LogP contribution in [0, 0.1) is 5.41 Å². The number of nitrogens with zero attached hydrogens (tertiary/aromatic N) is 6. The van der Waals surface area contributed by atoms with E-state index >= 15 is 0 Å². The first-order chi connectivity index (χ1) is 20.5. The number of hydrogen-bond acceptors (Lipinski definition) is 7. The van der Waals surface area contributed by atoms with E-state index in [1.807, 2.05) is 12.4 Å². The highest BCUT2D eigenvalue weighted by atomic mass is 16.5. The number of aryl methyl sites for hydroxylation is 1. The first kappa shape index (κ1) is 27.2. The summed E-state index contributed by atoms with van der Waals surface area (Å²) in [6, 6.07) is 13.9. The van der Waals surface area contributed by atoms with Gasteiger partial charge in [0.2, 0.25) is 0 Å². The van der Waals surface area contributed by atoms with E-state index in [1.165, 1.54) is 40.4 Å². The lowest BCUT2D eigenvalue weighted by Crippen LogP contribution is -2.38. The average molecular weight is 566 g/mol. The lowest BCUT2D eigenvalue weighted by atomic mass is 9.95. The fourth-order valence-corrected chi connectivity index (χ4v) is 7.18. The first-order valence-corrected chi connectivity index (χ1v) is 15.7. The van der Waals surface area contributed by atoms with Crippen molar-refractivity contribution in [2.24, 2.45) is 5.41 Å². The van der Waals surface area contributed by atoms with Crippen LogP contribution < -0.4 is 14.5 Å². The minimum Gasteiger partial charge on any atom is -0.463 e. The van der Waals surface area contributed by atoms with Gasteiger partial charge in [0.05, 0.1) is 18.8 Å². The SMILES string of the molecule is CCc1cccc2cccc(N3CCc4c(nc(OCC5(CN(C)C)CC5)nc4N4CCCC(c5ncc[nH]5)C4)C3)c12. The molecule has 0 amide bonds. The zero-order valence-corrected chi connectivity index (χ0v) is 25.3. The summed E-state index contributed by atoms with van der Waals surface area (Å²) in [7, 11) is 4.29. The molecule has 4 heterocycles. The molecule has 0 spiro atoms. The monoisotopic (exact) mass is 565 g/mol. The van der Waals surface area contributed by atoms with Crippen LogP contribution in [0.2, 0.25) is 0 Å². The molecule has 4 aromatic rings. The molecule has 42 heavy (non-hydrogen) atoms. The van der Waals surface area contributed by atoms with Crippen LogP contribution in [-0.2, 0) is 19.4 Å². The van der Waals surface area contributed by atoms with E-state index in [4.69, 9.17) is 14.7 Å². The fraction of sp³-hybridized carbons (Fsp3) is 0.500. The Labute approximate surface area is 249 Å². The molecule has 1 saturated carbocycles. The second-order valence-electron chi connectivity index (χ2n) is 12.9. The van der Waals surface area contributed by atoms with Gasteiger partial charge < -0.3 is 24.4 Å². The highest BCUT2D eigenvalue weighted by Crippen LogP contribution is 2.46. The quantitative estimate of drug-likeness (QED) is 0.284. The van der Waals surface area contributed by atoms with Gasteiger partial charge in [-0.25, -0.2) is 4.98 Å². The minimum atomic E-state index is 0.226. The summed E-state index contributed by atoms with van der Waals surface area (Å²) in [6.07, 6.45) is 10.4. The fourth-order valence-electron chi connectivity index (χ4n) is 7.18. The summed E-state index contributed by atoms with van der Waals surface area (Å²) in [6.45, 7) is 7.57. The van der Waals surface area contributed by atoms with Gasteiger partial charge in [-0.15, -0.1) is 0 Å². The molecule has 2 aromatic carbocycles. The number of H-pyrrole nitrogens is 1. The topological polar surface area (TPSA) is 73.4 Å². The van der Waals surface area contributed by atoms with Crippen LogP contribution in [0.5, 0.6) is 6.01 Å². The lowest BCUT2D eigenvalue weighted by molar-refractivity contribution is 0.182. The number of aromatic amines is 1. The molecule has 3 aliphatic rings. The number of piperidine rings is 1. The molecule has 1 saturated heterocycles. The van der Waals surface area contributed by atoms with Gasteiger partial charge in [-0.2, -0.15) is 9.97 Å². The minimum absolute atomic E-state index is 0.226. The molecule has 2 fully saturated rings. The van der Waals surface area contributed by atoms with Crippen LogP contribution in [0.3, 0.4) is 0 Å². The molecule has 1 N–H and O–H groups in total. The predicted octanol–water partition coefficient (Wildman–Crippen LogP) is 5.58. The standard InChI is InChI=1S/C34H43N7O/c1-4-24-8-5-9-25-10-6-12-29(30(24)25)40-19-13-27-28(21-40)37-33(42-23-34(14-15-34)22-39(2)3)38-32(27)41-18-7-11-26(20-41)31-35-16-17-36-31/h5-6,8-10,12,16-17,26H,4,7,11,13-15,18-23H2,1-3H3,(H,35,36). The van der Waals surface area contributed by atoms with Crippen LogP contribution in [-0.4, -0.2) is 71.7 Å². The van der Waals surface area contributed by atoms with Crippen molar-refractivity contribution in [3.05, 3.63) is 71.4 Å². The van der Waals surface area contributed by atoms with Crippen molar-refractivity contribution < 1.29 is 4.74 Å². The largest absolute Gasteiger partial charge is 0.463 e. The number of imidazole rings is 1. The average Bonchev–Trinajstić information content (AvgIpc) is 3.54. The molecule has 1 aliphatic carbocycles. The number of anilines is 2. The lowest BCUT2D eigenvalue weighted by Gasteiger charge is -2.37. The van der Waals surface area contributed by atoms with Crippen molar-refractivity contribution in [2.45, 2.75) is 57.9 Å². The number of benzene rings is 2. The number of aromatic nitrogens is 4. The molecule has 220 valence electrons. The number of nitrogens with one attached hydrogen (secondary N) is 1. The summed E-state index contributed by atoms with van der Waals surface area (Å²) in [5.41, 5.74) is 5.31. The summed E-state index contributed by atoms with van der Waals surface area (Å²) >= 11 is 0. The van der Waals surface area contributed by atoms with Gasteiger partial charge in [-0.05, 0) is 69.6 Å². The Balaban J connectivity index is 1.23. The molecule has 1 unspecified atom stereocenters. The van der Waals surface area contributed by atoms with E-state index in [-0.39, 0.29) is 5.41 Å². The van der Waals surface area contributed by atoms with Gasteiger partial charge in [0.1, 0.15) is 11.6 Å². The zero-order chi connectivity index (χ0) is 28.7.